The molecule has 1 aliphatic carbocycles. The van der Waals surface area contributed by atoms with E-state index >= 15 is 0 Å². The maximum Gasteiger partial charge on any atom is 0.586 e. The average Bonchev–Trinajstić information content (AvgIpc) is 2.59. The van der Waals surface area contributed by atoms with E-state index in [2.05, 4.69) is 9.47 Å². The van der Waals surface area contributed by atoms with Gasteiger partial charge in [-0.3, -0.25) is 0 Å². The molecule has 3 N–H and O–H groups in total. The molecule has 112 valence electrons. The normalized spacial score (nSPS) is 22.6. The van der Waals surface area contributed by atoms with E-state index < -0.39 is 18.4 Å². The number of nitrogens with two attached hydrogens (primary N) is 1. The second kappa shape index (κ2) is 5.35. The number of aliphatic hydroxyl groups is 1. The van der Waals surface area contributed by atoms with Gasteiger partial charge in [-0.1, -0.05) is 18.6 Å². The molecule has 0 bridgehead atoms. The highest BCUT2D eigenvalue weighted by molar-refractivity contribution is 5.85. The minimum Gasteiger partial charge on any atom is -0.395 e. The topological polar surface area (TPSA) is 64.7 Å². The van der Waals surface area contributed by atoms with Gasteiger partial charge >= 0.3 is 6.29 Å². The summed E-state index contributed by atoms with van der Waals surface area (Å²) in [5, 5.41) is 10.1. The lowest BCUT2D eigenvalue weighted by atomic mass is 9.77. The van der Waals surface area contributed by atoms with Gasteiger partial charge in [0.1, 0.15) is 0 Å². The van der Waals surface area contributed by atoms with E-state index in [9.17, 15) is 13.9 Å². The highest BCUT2D eigenvalue weighted by Gasteiger charge is 2.45. The number of hydrogen-bond acceptors (Lipinski definition) is 4. The van der Waals surface area contributed by atoms with Gasteiger partial charge < -0.3 is 20.3 Å². The van der Waals surface area contributed by atoms with E-state index in [4.69, 9.17) is 5.73 Å². The third kappa shape index (κ3) is 2.55. The predicted molar refractivity (Wildman–Crippen MR) is 70.2 cm³/mol. The fraction of sp³-hybridized carbons (Fsp3) is 0.538. The number of aliphatic hydroxyl groups excluding tert-OH is 1. The van der Waals surface area contributed by atoms with Crippen molar-refractivity contribution in [2.24, 2.45) is 11.7 Å². The predicted octanol–water partition coefficient (Wildman–Crippen LogP) is 2.59. The minimum atomic E-state index is -3.67. The summed E-state index contributed by atoms with van der Waals surface area (Å²) in [6.45, 7) is 0. The van der Waals surface area contributed by atoms with Crippen molar-refractivity contribution in [2.45, 2.75) is 37.7 Å². The summed E-state index contributed by atoms with van der Waals surface area (Å²) in [5.74, 6) is 0.0193. The Balaban J connectivity index is 0.00000147. The number of ether oxygens (including phenoxy) is 2. The molecule has 0 spiro atoms. The third-order valence-corrected chi connectivity index (χ3v) is 3.82. The summed E-state index contributed by atoms with van der Waals surface area (Å²) in [5.41, 5.74) is 6.34. The Morgan fingerprint density at radius 2 is 2.00 bits per heavy atom. The standard InChI is InChI=1S/C13H15F2NO3.ClH/c14-13(15)18-9-6-2-5-8(12(9)19-13)10(16)11(17)7-3-1-4-7;/h2,5-7,10-11,17H,1,3-4,16H2;1H/t10-,11+;/m0./s1. The van der Waals surface area contributed by atoms with Crippen LogP contribution in [0.2, 0.25) is 0 Å². The highest BCUT2D eigenvalue weighted by atomic mass is 35.5. The Labute approximate surface area is 121 Å². The third-order valence-electron chi connectivity index (χ3n) is 3.82. The van der Waals surface area contributed by atoms with Crippen LogP contribution >= 0.6 is 12.4 Å². The first-order chi connectivity index (χ1) is 8.98. The zero-order valence-corrected chi connectivity index (χ0v) is 11.4. The molecule has 0 amide bonds. The molecule has 1 aromatic rings. The van der Waals surface area contributed by atoms with Crippen molar-refractivity contribution >= 4 is 12.4 Å². The first kappa shape index (κ1) is 15.3. The van der Waals surface area contributed by atoms with Crippen molar-refractivity contribution < 1.29 is 23.4 Å². The van der Waals surface area contributed by atoms with E-state index in [0.29, 0.717) is 5.56 Å². The van der Waals surface area contributed by atoms with Gasteiger partial charge in [0.15, 0.2) is 11.5 Å². The quantitative estimate of drug-likeness (QED) is 0.901. The maximum absolute atomic E-state index is 13.1. The van der Waals surface area contributed by atoms with Crippen LogP contribution in [0, 0.1) is 5.92 Å². The Morgan fingerprint density at radius 1 is 1.30 bits per heavy atom. The second-order valence-corrected chi connectivity index (χ2v) is 5.05. The molecule has 20 heavy (non-hydrogen) atoms. The Bertz CT molecular complexity index is 497. The number of halogens is 3. The largest absolute Gasteiger partial charge is 0.586 e. The van der Waals surface area contributed by atoms with Gasteiger partial charge in [-0.2, -0.15) is 0 Å². The molecular weight excluding hydrogens is 292 g/mol. The summed E-state index contributed by atoms with van der Waals surface area (Å²) >= 11 is 0. The van der Waals surface area contributed by atoms with Crippen molar-refractivity contribution in [3.05, 3.63) is 23.8 Å². The molecular formula is C13H16ClF2NO3. The zero-order valence-electron chi connectivity index (χ0n) is 10.6. The fourth-order valence-corrected chi connectivity index (χ4v) is 2.51. The van der Waals surface area contributed by atoms with Gasteiger partial charge in [-0.25, -0.2) is 0 Å². The number of hydrogen-bond donors (Lipinski definition) is 2. The Kier molecular flexibility index (Phi) is 4.09. The van der Waals surface area contributed by atoms with Crippen LogP contribution in [0.1, 0.15) is 30.9 Å². The maximum atomic E-state index is 13.1. The molecule has 0 saturated heterocycles. The summed E-state index contributed by atoms with van der Waals surface area (Å²) in [4.78, 5) is 0. The van der Waals surface area contributed by atoms with Crippen LogP contribution in [0.3, 0.4) is 0 Å². The molecule has 0 radical (unpaired) electrons. The molecule has 7 heteroatoms. The van der Waals surface area contributed by atoms with Gasteiger partial charge in [-0.15, -0.1) is 21.2 Å². The molecule has 3 rings (SSSR count). The van der Waals surface area contributed by atoms with Crippen LogP contribution in [0.15, 0.2) is 18.2 Å². The molecule has 1 fully saturated rings. The number of para-hydroxylation sites is 1. The second-order valence-electron chi connectivity index (χ2n) is 5.05. The zero-order chi connectivity index (χ0) is 13.6. The van der Waals surface area contributed by atoms with Gasteiger partial charge in [0.05, 0.1) is 12.1 Å². The van der Waals surface area contributed by atoms with E-state index in [1.165, 1.54) is 6.07 Å². The van der Waals surface area contributed by atoms with Crippen molar-refractivity contribution in [2.75, 3.05) is 0 Å². The van der Waals surface area contributed by atoms with Crippen molar-refractivity contribution in [3.63, 3.8) is 0 Å². The molecule has 1 aromatic carbocycles. The molecule has 2 aliphatic rings. The number of alkyl halides is 2. The molecule has 2 atom stereocenters. The molecule has 1 aliphatic heterocycles. The van der Waals surface area contributed by atoms with E-state index in [0.717, 1.165) is 19.3 Å². The highest BCUT2D eigenvalue weighted by Crippen LogP contribution is 2.46. The first-order valence-electron chi connectivity index (χ1n) is 6.30. The lowest BCUT2D eigenvalue weighted by molar-refractivity contribution is -0.287. The molecule has 1 heterocycles. The first-order valence-corrected chi connectivity index (χ1v) is 6.30. The molecule has 0 unspecified atom stereocenters. The monoisotopic (exact) mass is 307 g/mol. The summed E-state index contributed by atoms with van der Waals surface area (Å²) in [6, 6.07) is 3.78. The van der Waals surface area contributed by atoms with Gasteiger partial charge in [0.2, 0.25) is 0 Å². The van der Waals surface area contributed by atoms with E-state index in [1.807, 2.05) is 0 Å². The Morgan fingerprint density at radius 3 is 2.60 bits per heavy atom. The van der Waals surface area contributed by atoms with Crippen LogP contribution in [0.4, 0.5) is 8.78 Å². The number of fused-ring (bicyclic) bond motifs is 1. The number of benzene rings is 1. The van der Waals surface area contributed by atoms with Crippen LogP contribution < -0.4 is 15.2 Å². The van der Waals surface area contributed by atoms with Crippen molar-refractivity contribution in [3.8, 4) is 11.5 Å². The molecule has 1 saturated carbocycles. The molecule has 4 nitrogen and oxygen atoms in total. The lowest BCUT2D eigenvalue weighted by Gasteiger charge is -2.34. The van der Waals surface area contributed by atoms with E-state index in [1.54, 1.807) is 12.1 Å². The summed E-state index contributed by atoms with van der Waals surface area (Å²) in [7, 11) is 0. The summed E-state index contributed by atoms with van der Waals surface area (Å²) < 4.78 is 35.0. The Hall–Kier alpha value is -1.11. The van der Waals surface area contributed by atoms with Crippen LogP contribution in [-0.2, 0) is 0 Å². The number of rotatable bonds is 3. The SMILES string of the molecule is Cl.N[C@@H](c1cccc2c1OC(F)(F)O2)[C@H](O)C1CCC1. The van der Waals surface area contributed by atoms with E-state index in [-0.39, 0.29) is 29.8 Å². The van der Waals surface area contributed by atoms with Crippen LogP contribution in [0.25, 0.3) is 0 Å². The van der Waals surface area contributed by atoms with Gasteiger partial charge in [0, 0.05) is 5.56 Å². The van der Waals surface area contributed by atoms with Crippen molar-refractivity contribution in [1.82, 2.24) is 0 Å². The van der Waals surface area contributed by atoms with Crippen LogP contribution in [-0.4, -0.2) is 17.5 Å². The van der Waals surface area contributed by atoms with Crippen molar-refractivity contribution in [1.29, 1.82) is 0 Å². The van der Waals surface area contributed by atoms with Gasteiger partial charge in [-0.05, 0) is 24.8 Å². The van der Waals surface area contributed by atoms with Gasteiger partial charge in [0.25, 0.3) is 0 Å². The molecule has 0 aromatic heterocycles. The smallest absolute Gasteiger partial charge is 0.395 e. The minimum absolute atomic E-state index is 0. The summed E-state index contributed by atoms with van der Waals surface area (Å²) in [6.07, 6.45) is -1.52. The average molecular weight is 308 g/mol. The lowest BCUT2D eigenvalue weighted by Crippen LogP contribution is -2.36. The fourth-order valence-electron chi connectivity index (χ4n) is 2.51. The van der Waals surface area contributed by atoms with Crippen LogP contribution in [0.5, 0.6) is 11.5 Å².